The molecule has 1 saturated heterocycles. The first kappa shape index (κ1) is 27.9. The molecule has 0 spiro atoms. The Labute approximate surface area is 242 Å². The Kier molecular flexibility index (Phi) is 8.35. The highest BCUT2D eigenvalue weighted by Crippen LogP contribution is 2.34. The third-order valence-corrected chi connectivity index (χ3v) is 7.44. The number of benzene rings is 3. The maximum Gasteiger partial charge on any atom is 0.243 e. The maximum atomic E-state index is 13.1. The first-order valence-electron chi connectivity index (χ1n) is 13.1. The van der Waals surface area contributed by atoms with Gasteiger partial charge >= 0.3 is 0 Å². The highest BCUT2D eigenvalue weighted by atomic mass is 35.5. The van der Waals surface area contributed by atoms with E-state index < -0.39 is 35.2 Å². The van der Waals surface area contributed by atoms with Crippen LogP contribution in [0.25, 0.3) is 22.2 Å². The van der Waals surface area contributed by atoms with Crippen molar-refractivity contribution in [2.24, 2.45) is 5.73 Å². The zero-order chi connectivity index (χ0) is 28.9. The van der Waals surface area contributed by atoms with Crippen molar-refractivity contribution in [1.82, 2.24) is 15.2 Å². The number of aromatic nitrogens is 1. The number of hydrogen-bond acceptors (Lipinski definition) is 6. The number of ether oxygens (including phenoxy) is 2. The van der Waals surface area contributed by atoms with Crippen molar-refractivity contribution in [2.45, 2.75) is 23.9 Å². The van der Waals surface area contributed by atoms with E-state index in [0.717, 1.165) is 10.9 Å². The molecule has 9 nitrogen and oxygen atoms in total. The summed E-state index contributed by atoms with van der Waals surface area (Å²) in [5.41, 5.74) is 8.56. The number of fused-ring (bicyclic) bond motifs is 1. The zero-order valence-electron chi connectivity index (χ0n) is 22.3. The third-order valence-electron chi connectivity index (χ3n) is 6.99. The van der Waals surface area contributed by atoms with Crippen LogP contribution in [0.2, 0.25) is 0 Å². The van der Waals surface area contributed by atoms with Gasteiger partial charge in [-0.1, -0.05) is 60.7 Å². The lowest BCUT2D eigenvalue weighted by Crippen LogP contribution is -2.48. The minimum absolute atomic E-state index is 0.117. The van der Waals surface area contributed by atoms with Crippen molar-refractivity contribution in [3.05, 3.63) is 90.5 Å². The summed E-state index contributed by atoms with van der Waals surface area (Å²) >= 11 is 6.27. The number of amides is 3. The molecule has 3 aromatic carbocycles. The number of alkyl halides is 1. The second kappa shape index (κ2) is 12.3. The molecule has 0 unspecified atom stereocenters. The first-order chi connectivity index (χ1) is 19.8. The van der Waals surface area contributed by atoms with Crippen molar-refractivity contribution in [2.75, 3.05) is 20.2 Å². The van der Waals surface area contributed by atoms with Gasteiger partial charge in [0.05, 0.1) is 31.4 Å². The van der Waals surface area contributed by atoms with E-state index in [1.165, 1.54) is 4.90 Å². The Hall–Kier alpha value is -4.63. The summed E-state index contributed by atoms with van der Waals surface area (Å²) in [6.07, 6.45) is -0.314. The number of nitrogens with two attached hydrogens (primary N) is 1. The predicted molar refractivity (Wildman–Crippen MR) is 156 cm³/mol. The number of rotatable bonds is 9. The smallest absolute Gasteiger partial charge is 0.243 e. The second-order valence-corrected chi connectivity index (χ2v) is 10.1. The predicted octanol–water partition coefficient (Wildman–Crippen LogP) is 3.84. The van der Waals surface area contributed by atoms with Gasteiger partial charge in [-0.3, -0.25) is 14.4 Å². The average molecular weight is 573 g/mol. The molecule has 4 aromatic rings. The van der Waals surface area contributed by atoms with E-state index >= 15 is 0 Å². The molecular formula is C31H29ClN4O5. The van der Waals surface area contributed by atoms with Crippen LogP contribution in [0.5, 0.6) is 11.5 Å². The van der Waals surface area contributed by atoms with Crippen LogP contribution in [0.15, 0.2) is 84.9 Å². The molecule has 3 atom stereocenters. The van der Waals surface area contributed by atoms with Crippen molar-refractivity contribution in [3.63, 3.8) is 0 Å². The molecule has 0 aliphatic carbocycles. The number of nitrogens with one attached hydrogen (secondary N) is 1. The lowest BCUT2D eigenvalue weighted by Gasteiger charge is -2.22. The summed E-state index contributed by atoms with van der Waals surface area (Å²) in [5, 5.41) is 2.37. The van der Waals surface area contributed by atoms with E-state index in [-0.39, 0.29) is 19.5 Å². The number of likely N-dealkylation sites (tertiary alicyclic amines) is 1. The van der Waals surface area contributed by atoms with Crippen molar-refractivity contribution in [3.8, 4) is 22.8 Å². The van der Waals surface area contributed by atoms with Crippen LogP contribution in [0.3, 0.4) is 0 Å². The van der Waals surface area contributed by atoms with Crippen molar-refractivity contribution in [1.29, 1.82) is 0 Å². The lowest BCUT2D eigenvalue weighted by atomic mass is 10.1. The Balaban J connectivity index is 1.34. The van der Waals surface area contributed by atoms with Crippen LogP contribution in [0.4, 0.5) is 0 Å². The summed E-state index contributed by atoms with van der Waals surface area (Å²) in [7, 11) is 1.59. The fourth-order valence-electron chi connectivity index (χ4n) is 4.89. The van der Waals surface area contributed by atoms with Crippen LogP contribution in [0, 0.1) is 0 Å². The highest BCUT2D eigenvalue weighted by molar-refractivity contribution is 6.30. The number of primary amides is 1. The van der Waals surface area contributed by atoms with E-state index in [1.54, 1.807) is 31.4 Å². The van der Waals surface area contributed by atoms with E-state index in [1.807, 2.05) is 60.7 Å². The Morgan fingerprint density at radius 1 is 1.05 bits per heavy atom. The fraction of sp³-hybridized carbons (Fsp3) is 0.226. The Morgan fingerprint density at radius 2 is 1.76 bits per heavy atom. The summed E-state index contributed by atoms with van der Waals surface area (Å²) in [5.74, 6) is -0.411. The molecular weight excluding hydrogens is 544 g/mol. The van der Waals surface area contributed by atoms with Crippen LogP contribution >= 0.6 is 11.6 Å². The van der Waals surface area contributed by atoms with Gasteiger partial charge in [0.25, 0.3) is 0 Å². The lowest BCUT2D eigenvalue weighted by molar-refractivity contribution is -0.137. The van der Waals surface area contributed by atoms with E-state index in [9.17, 15) is 14.4 Å². The summed E-state index contributed by atoms with van der Waals surface area (Å²) in [6.45, 7) is -0.215. The minimum Gasteiger partial charge on any atom is -0.497 e. The molecule has 210 valence electrons. The summed E-state index contributed by atoms with van der Waals surface area (Å²) in [6, 6.07) is 25.0. The van der Waals surface area contributed by atoms with Gasteiger partial charge in [-0.15, -0.1) is 11.6 Å². The van der Waals surface area contributed by atoms with Crippen molar-refractivity contribution < 1.29 is 23.9 Å². The number of nitrogens with zero attached hydrogens (tertiary/aromatic N) is 2. The van der Waals surface area contributed by atoms with E-state index in [4.69, 9.17) is 31.8 Å². The number of methoxy groups -OCH3 is 1. The molecule has 0 radical (unpaired) electrons. The zero-order valence-corrected chi connectivity index (χ0v) is 23.1. The van der Waals surface area contributed by atoms with Gasteiger partial charge < -0.3 is 25.4 Å². The molecule has 3 N–H and O–H groups in total. The van der Waals surface area contributed by atoms with Gasteiger partial charge in [0.2, 0.25) is 17.7 Å². The Morgan fingerprint density at radius 3 is 2.44 bits per heavy atom. The molecule has 1 aliphatic heterocycles. The van der Waals surface area contributed by atoms with Gasteiger partial charge in [-0.05, 0) is 17.7 Å². The van der Waals surface area contributed by atoms with Gasteiger partial charge in [0.1, 0.15) is 29.0 Å². The molecule has 1 fully saturated rings. The van der Waals surface area contributed by atoms with Gasteiger partial charge in [-0.2, -0.15) is 0 Å². The normalized spacial score (nSPS) is 17.2. The largest absolute Gasteiger partial charge is 0.497 e. The average Bonchev–Trinajstić information content (AvgIpc) is 3.44. The number of halogens is 1. The second-order valence-electron chi connectivity index (χ2n) is 9.69. The standard InChI is InChI=1S/C31H29ClN4O5/c1-40-21-12-13-23-25(14-21)35-24(19-8-4-2-5-9-19)16-27(23)41-22-15-26(30(33)38)36(18-22)28(37)17-34-31(39)29(32)20-10-6-3-7-11-20/h2-14,16,22,26,29H,15,17-18H2,1H3,(H2,33,38)(H,34,39)/t22-,26+,29+/m1/s1. The molecule has 10 heteroatoms. The molecule has 1 aromatic heterocycles. The topological polar surface area (TPSA) is 124 Å². The summed E-state index contributed by atoms with van der Waals surface area (Å²) in [4.78, 5) is 44.1. The first-order valence-corrected chi connectivity index (χ1v) is 13.5. The minimum atomic E-state index is -0.956. The number of hydrogen-bond donors (Lipinski definition) is 2. The van der Waals surface area contributed by atoms with Crippen LogP contribution in [-0.2, 0) is 14.4 Å². The molecule has 3 amide bonds. The van der Waals surface area contributed by atoms with Gasteiger partial charge in [0, 0.05) is 29.5 Å². The van der Waals surface area contributed by atoms with Gasteiger partial charge in [-0.25, -0.2) is 4.98 Å². The number of carbonyl (C=O) groups is 3. The maximum absolute atomic E-state index is 13.1. The molecule has 0 bridgehead atoms. The fourth-order valence-corrected chi connectivity index (χ4v) is 5.12. The van der Waals surface area contributed by atoms with Crippen molar-refractivity contribution >= 4 is 40.2 Å². The number of carbonyl (C=O) groups excluding carboxylic acids is 3. The SMILES string of the molecule is COc1ccc2c(O[C@@H]3C[C@@H](C(N)=O)N(C(=O)CNC(=O)[C@@H](Cl)c4ccccc4)C3)cc(-c3ccccc3)nc2c1. The van der Waals surface area contributed by atoms with Crippen LogP contribution in [0.1, 0.15) is 17.4 Å². The van der Waals surface area contributed by atoms with Crippen LogP contribution in [-0.4, -0.2) is 60.0 Å². The van der Waals surface area contributed by atoms with E-state index in [2.05, 4.69) is 5.32 Å². The molecule has 41 heavy (non-hydrogen) atoms. The Bertz CT molecular complexity index is 1570. The highest BCUT2D eigenvalue weighted by Gasteiger charge is 2.40. The quantitative estimate of drug-likeness (QED) is 0.294. The van der Waals surface area contributed by atoms with Crippen LogP contribution < -0.4 is 20.5 Å². The monoisotopic (exact) mass is 572 g/mol. The third kappa shape index (κ3) is 6.25. The number of pyridine rings is 1. The molecule has 0 saturated carbocycles. The van der Waals surface area contributed by atoms with E-state index in [0.29, 0.717) is 28.3 Å². The summed E-state index contributed by atoms with van der Waals surface area (Å²) < 4.78 is 11.8. The molecule has 5 rings (SSSR count). The van der Waals surface area contributed by atoms with Gasteiger partial charge in [0.15, 0.2) is 0 Å². The molecule has 2 heterocycles. The molecule has 1 aliphatic rings.